The number of carbonyl (C=O) groups is 1. The van der Waals surface area contributed by atoms with Crippen LogP contribution in [0.5, 0.6) is 11.5 Å². The number of hydrogen-bond donors (Lipinski definition) is 4. The molecule has 30 heavy (non-hydrogen) atoms. The van der Waals surface area contributed by atoms with Gasteiger partial charge in [0, 0.05) is 11.4 Å². The predicted molar refractivity (Wildman–Crippen MR) is 115 cm³/mol. The zero-order chi connectivity index (χ0) is 22.0. The first-order valence-electron chi connectivity index (χ1n) is 8.93. The number of ether oxygens (including phenoxy) is 1. The molecule has 1 aliphatic rings. The van der Waals surface area contributed by atoms with Crippen LogP contribution in [0.1, 0.15) is 24.1 Å². The zero-order valence-corrected chi connectivity index (χ0v) is 17.3. The van der Waals surface area contributed by atoms with Crippen LogP contribution in [0.3, 0.4) is 0 Å². The van der Waals surface area contributed by atoms with E-state index in [0.29, 0.717) is 11.4 Å². The van der Waals surface area contributed by atoms with Crippen LogP contribution in [0.15, 0.2) is 47.7 Å². The Morgan fingerprint density at radius 3 is 2.67 bits per heavy atom. The van der Waals surface area contributed by atoms with Crippen LogP contribution < -0.4 is 20.7 Å². The standard InChI is InChI=1S/C20H20N4O5S/c1-10-5-4-6-12(9-10)22-19(26)15-11(2)21-20(30)23-16(15)13-7-8-14(25)18(29-3)17(13)24(27)28/h4-9,16,25H,1-3H3,(H,22,26)(H2,21,23,30)/t16-/m1/s1. The van der Waals surface area contributed by atoms with Crippen molar-refractivity contribution in [1.29, 1.82) is 0 Å². The van der Waals surface area contributed by atoms with Crippen molar-refractivity contribution in [3.8, 4) is 11.5 Å². The molecule has 1 heterocycles. The van der Waals surface area contributed by atoms with Crippen molar-refractivity contribution in [2.24, 2.45) is 0 Å². The molecule has 2 aromatic rings. The normalized spacial score (nSPS) is 15.8. The number of carbonyl (C=O) groups excluding carboxylic acids is 1. The number of allylic oxidation sites excluding steroid dienone is 1. The Bertz CT molecular complexity index is 1080. The average molecular weight is 428 g/mol. The van der Waals surface area contributed by atoms with E-state index in [1.54, 1.807) is 13.0 Å². The highest BCUT2D eigenvalue weighted by molar-refractivity contribution is 7.80. The number of benzene rings is 2. The summed E-state index contributed by atoms with van der Waals surface area (Å²) in [6.07, 6.45) is 0. The molecule has 9 nitrogen and oxygen atoms in total. The first-order chi connectivity index (χ1) is 14.2. The third-order valence-corrected chi connectivity index (χ3v) is 4.85. The number of nitrogens with zero attached hydrogens (tertiary/aromatic N) is 1. The summed E-state index contributed by atoms with van der Waals surface area (Å²) in [5.41, 5.74) is 1.91. The van der Waals surface area contributed by atoms with Crippen molar-refractivity contribution in [2.45, 2.75) is 19.9 Å². The second-order valence-electron chi connectivity index (χ2n) is 6.71. The molecule has 0 spiro atoms. The van der Waals surface area contributed by atoms with Crippen LogP contribution in [-0.4, -0.2) is 28.2 Å². The van der Waals surface area contributed by atoms with Gasteiger partial charge in [0.1, 0.15) is 0 Å². The van der Waals surface area contributed by atoms with Gasteiger partial charge in [-0.3, -0.25) is 14.9 Å². The van der Waals surface area contributed by atoms with Gasteiger partial charge in [-0.1, -0.05) is 12.1 Å². The van der Waals surface area contributed by atoms with Gasteiger partial charge in [-0.25, -0.2) is 0 Å². The number of hydrogen-bond acceptors (Lipinski definition) is 6. The average Bonchev–Trinajstić information content (AvgIpc) is 2.66. The smallest absolute Gasteiger partial charge is 0.320 e. The van der Waals surface area contributed by atoms with Crippen molar-refractivity contribution in [3.63, 3.8) is 0 Å². The second kappa shape index (κ2) is 8.37. The lowest BCUT2D eigenvalue weighted by Crippen LogP contribution is -2.46. The number of phenolic OH excluding ortho intramolecular Hbond substituents is 1. The van der Waals surface area contributed by atoms with Crippen LogP contribution >= 0.6 is 12.2 Å². The van der Waals surface area contributed by atoms with Gasteiger partial charge in [0.25, 0.3) is 5.91 Å². The Morgan fingerprint density at radius 1 is 1.30 bits per heavy atom. The highest BCUT2D eigenvalue weighted by Crippen LogP contribution is 2.43. The van der Waals surface area contributed by atoms with E-state index in [4.69, 9.17) is 17.0 Å². The van der Waals surface area contributed by atoms with E-state index in [1.807, 2.05) is 25.1 Å². The topological polar surface area (TPSA) is 126 Å². The van der Waals surface area contributed by atoms with E-state index in [-0.39, 0.29) is 27.7 Å². The van der Waals surface area contributed by atoms with Gasteiger partial charge in [0.15, 0.2) is 10.9 Å². The van der Waals surface area contributed by atoms with Gasteiger partial charge in [-0.2, -0.15) is 0 Å². The Balaban J connectivity index is 2.11. The maximum atomic E-state index is 13.1. The number of thiocarbonyl (C=S) groups is 1. The number of aryl methyl sites for hydroxylation is 1. The minimum atomic E-state index is -0.932. The highest BCUT2D eigenvalue weighted by atomic mass is 32.1. The number of methoxy groups -OCH3 is 1. The van der Waals surface area contributed by atoms with Gasteiger partial charge in [0.2, 0.25) is 5.75 Å². The first-order valence-corrected chi connectivity index (χ1v) is 9.34. The zero-order valence-electron chi connectivity index (χ0n) is 16.5. The van der Waals surface area contributed by atoms with Crippen LogP contribution in [0.4, 0.5) is 11.4 Å². The van der Waals surface area contributed by atoms with E-state index in [1.165, 1.54) is 19.2 Å². The van der Waals surface area contributed by atoms with E-state index in [2.05, 4.69) is 16.0 Å². The molecular formula is C20H20N4O5S. The Hall–Kier alpha value is -3.66. The molecule has 1 aliphatic heterocycles. The minimum absolute atomic E-state index is 0.132. The largest absolute Gasteiger partial charge is 0.504 e. The molecule has 0 radical (unpaired) electrons. The molecule has 1 atom stereocenters. The maximum absolute atomic E-state index is 13.1. The Kier molecular flexibility index (Phi) is 5.88. The molecule has 0 saturated heterocycles. The van der Waals surface area contributed by atoms with Crippen LogP contribution in [0.25, 0.3) is 0 Å². The molecule has 1 amide bonds. The Labute approximate surface area is 177 Å². The van der Waals surface area contributed by atoms with Gasteiger partial charge in [-0.15, -0.1) is 0 Å². The van der Waals surface area contributed by atoms with Crippen molar-refractivity contribution < 1.29 is 19.6 Å². The number of nitro benzene ring substituents is 1. The molecule has 0 unspecified atom stereocenters. The quantitative estimate of drug-likeness (QED) is 0.325. The van der Waals surface area contributed by atoms with E-state index < -0.39 is 22.6 Å². The number of nitrogens with one attached hydrogen (secondary N) is 3. The molecule has 2 aromatic carbocycles. The summed E-state index contributed by atoms with van der Waals surface area (Å²) in [6, 6.07) is 8.98. The highest BCUT2D eigenvalue weighted by Gasteiger charge is 2.36. The van der Waals surface area contributed by atoms with Crippen molar-refractivity contribution >= 4 is 34.6 Å². The summed E-state index contributed by atoms with van der Waals surface area (Å²) >= 11 is 5.20. The molecule has 0 aromatic heterocycles. The molecule has 156 valence electrons. The van der Waals surface area contributed by atoms with Gasteiger partial charge in [-0.05, 0) is 55.9 Å². The number of nitro groups is 1. The lowest BCUT2D eigenvalue weighted by Gasteiger charge is -2.30. The Morgan fingerprint density at radius 2 is 2.03 bits per heavy atom. The molecule has 0 bridgehead atoms. The summed E-state index contributed by atoms with van der Waals surface area (Å²) in [5.74, 6) is -1.12. The van der Waals surface area contributed by atoms with E-state index in [0.717, 1.165) is 5.56 Å². The fourth-order valence-corrected chi connectivity index (χ4v) is 3.62. The molecule has 0 aliphatic carbocycles. The third-order valence-electron chi connectivity index (χ3n) is 4.63. The fraction of sp³-hybridized carbons (Fsp3) is 0.200. The number of anilines is 1. The molecular weight excluding hydrogens is 408 g/mol. The lowest BCUT2D eigenvalue weighted by molar-refractivity contribution is -0.386. The number of aromatic hydroxyl groups is 1. The summed E-state index contributed by atoms with van der Waals surface area (Å²) in [4.78, 5) is 24.3. The number of phenols is 1. The molecule has 10 heteroatoms. The van der Waals surface area contributed by atoms with Crippen molar-refractivity contribution in [1.82, 2.24) is 10.6 Å². The van der Waals surface area contributed by atoms with Crippen molar-refractivity contribution in [3.05, 3.63) is 68.9 Å². The molecule has 0 fully saturated rings. The van der Waals surface area contributed by atoms with Crippen LogP contribution in [0, 0.1) is 17.0 Å². The first kappa shape index (κ1) is 21.1. The van der Waals surface area contributed by atoms with E-state index >= 15 is 0 Å². The van der Waals surface area contributed by atoms with Crippen LogP contribution in [-0.2, 0) is 4.79 Å². The van der Waals surface area contributed by atoms with E-state index in [9.17, 15) is 20.0 Å². The lowest BCUT2D eigenvalue weighted by atomic mass is 9.93. The number of amides is 1. The molecule has 4 N–H and O–H groups in total. The predicted octanol–water partition coefficient (Wildman–Crippen LogP) is 3.05. The van der Waals surface area contributed by atoms with Crippen molar-refractivity contribution in [2.75, 3.05) is 12.4 Å². The summed E-state index contributed by atoms with van der Waals surface area (Å²) in [6.45, 7) is 3.56. The monoisotopic (exact) mass is 428 g/mol. The molecule has 0 saturated carbocycles. The summed E-state index contributed by atoms with van der Waals surface area (Å²) in [7, 11) is 1.22. The molecule has 3 rings (SSSR count). The second-order valence-corrected chi connectivity index (χ2v) is 7.11. The summed E-state index contributed by atoms with van der Waals surface area (Å²) in [5, 5.41) is 30.6. The maximum Gasteiger partial charge on any atom is 0.320 e. The van der Waals surface area contributed by atoms with Gasteiger partial charge >= 0.3 is 5.69 Å². The SMILES string of the molecule is COc1c(O)ccc([C@H]2NC(=S)NC(C)=C2C(=O)Nc2cccc(C)c2)c1[N+](=O)[O-]. The number of rotatable bonds is 5. The van der Waals surface area contributed by atoms with Crippen LogP contribution in [0.2, 0.25) is 0 Å². The summed E-state index contributed by atoms with van der Waals surface area (Å²) < 4.78 is 5.04. The van der Waals surface area contributed by atoms with Gasteiger partial charge in [0.05, 0.1) is 29.2 Å². The fourth-order valence-electron chi connectivity index (χ4n) is 3.35. The third kappa shape index (κ3) is 4.03. The van der Waals surface area contributed by atoms with Gasteiger partial charge < -0.3 is 25.8 Å². The minimum Gasteiger partial charge on any atom is -0.504 e.